The molecule has 2 rings (SSSR count). The number of likely N-dealkylation sites (tertiary alicyclic amines) is 1. The van der Waals surface area contributed by atoms with Crippen molar-refractivity contribution in [3.63, 3.8) is 0 Å². The summed E-state index contributed by atoms with van der Waals surface area (Å²) in [5.41, 5.74) is 0.911. The van der Waals surface area contributed by atoms with Crippen LogP contribution in [-0.4, -0.2) is 30.6 Å². The smallest absolute Gasteiger partial charge is 0.307 e. The molecule has 0 bridgehead atoms. The summed E-state index contributed by atoms with van der Waals surface area (Å²) in [5, 5.41) is 1.29. The maximum absolute atomic E-state index is 11.9. The highest BCUT2D eigenvalue weighted by atomic mass is 35.5. The fraction of sp³-hybridized carbons (Fsp3) is 0.533. The van der Waals surface area contributed by atoms with Gasteiger partial charge in [-0.05, 0) is 56.6 Å². The lowest BCUT2D eigenvalue weighted by molar-refractivity contribution is -0.144. The first kappa shape index (κ1) is 15.6. The lowest BCUT2D eigenvalue weighted by atomic mass is 10.0. The molecule has 5 heteroatoms. The van der Waals surface area contributed by atoms with Gasteiger partial charge >= 0.3 is 5.97 Å². The summed E-state index contributed by atoms with van der Waals surface area (Å²) in [5.74, 6) is -0.194. The van der Waals surface area contributed by atoms with E-state index in [0.29, 0.717) is 23.1 Å². The van der Waals surface area contributed by atoms with Gasteiger partial charge in [0.15, 0.2) is 0 Å². The van der Waals surface area contributed by atoms with Crippen LogP contribution in [0, 0.1) is 0 Å². The summed E-state index contributed by atoms with van der Waals surface area (Å²) in [6.07, 6.45) is 2.61. The highest BCUT2D eigenvalue weighted by molar-refractivity contribution is 6.33. The molecule has 110 valence electrons. The maximum Gasteiger partial charge on any atom is 0.307 e. The standard InChI is InChI=1S/C15H19Cl2NO2/c1-2-20-15(19)10-14(18-7-3-4-8-18)12-9-11(16)5-6-13(12)17/h5-6,9,14H,2-4,7-8,10H2,1H3. The third-order valence-corrected chi connectivity index (χ3v) is 4.14. The Kier molecular flexibility index (Phi) is 5.70. The minimum atomic E-state index is -0.194. The Balaban J connectivity index is 2.25. The molecular formula is C15H19Cl2NO2. The Bertz CT molecular complexity index is 473. The van der Waals surface area contributed by atoms with Crippen LogP contribution in [0.25, 0.3) is 0 Å². The number of hydrogen-bond donors (Lipinski definition) is 0. The van der Waals surface area contributed by atoms with Crippen LogP contribution in [0.5, 0.6) is 0 Å². The lowest BCUT2D eigenvalue weighted by Crippen LogP contribution is -2.28. The van der Waals surface area contributed by atoms with Crippen molar-refractivity contribution in [2.75, 3.05) is 19.7 Å². The van der Waals surface area contributed by atoms with Gasteiger partial charge in [-0.15, -0.1) is 0 Å². The molecular weight excluding hydrogens is 297 g/mol. The molecule has 3 nitrogen and oxygen atoms in total. The fourth-order valence-electron chi connectivity index (χ4n) is 2.64. The molecule has 1 aliphatic heterocycles. The van der Waals surface area contributed by atoms with E-state index in [0.717, 1.165) is 31.5 Å². The SMILES string of the molecule is CCOC(=O)CC(c1cc(Cl)ccc1Cl)N1CCCC1. The van der Waals surface area contributed by atoms with Crippen molar-refractivity contribution in [2.24, 2.45) is 0 Å². The van der Waals surface area contributed by atoms with Gasteiger partial charge in [-0.1, -0.05) is 23.2 Å². The number of halogens is 2. The van der Waals surface area contributed by atoms with Crippen molar-refractivity contribution in [1.82, 2.24) is 4.90 Å². The van der Waals surface area contributed by atoms with Gasteiger partial charge in [-0.3, -0.25) is 9.69 Å². The molecule has 1 unspecified atom stereocenters. The lowest BCUT2D eigenvalue weighted by Gasteiger charge is -2.28. The van der Waals surface area contributed by atoms with E-state index in [-0.39, 0.29) is 12.0 Å². The van der Waals surface area contributed by atoms with E-state index in [4.69, 9.17) is 27.9 Å². The van der Waals surface area contributed by atoms with Crippen molar-refractivity contribution in [3.8, 4) is 0 Å². The summed E-state index contributed by atoms with van der Waals surface area (Å²) >= 11 is 12.4. The quantitative estimate of drug-likeness (QED) is 0.767. The van der Waals surface area contributed by atoms with Crippen LogP contribution in [0.2, 0.25) is 10.0 Å². The first-order chi connectivity index (χ1) is 9.61. The average molecular weight is 316 g/mol. The average Bonchev–Trinajstić information content (AvgIpc) is 2.93. The number of hydrogen-bond acceptors (Lipinski definition) is 3. The predicted molar refractivity (Wildman–Crippen MR) is 81.3 cm³/mol. The van der Waals surface area contributed by atoms with Gasteiger partial charge < -0.3 is 4.74 Å². The second-order valence-electron chi connectivity index (χ2n) is 4.93. The first-order valence-corrected chi connectivity index (χ1v) is 7.72. The van der Waals surface area contributed by atoms with Crippen molar-refractivity contribution >= 4 is 29.2 Å². The van der Waals surface area contributed by atoms with Crippen LogP contribution in [0.4, 0.5) is 0 Å². The highest BCUT2D eigenvalue weighted by Gasteiger charge is 2.28. The largest absolute Gasteiger partial charge is 0.466 e. The van der Waals surface area contributed by atoms with Gasteiger partial charge in [0, 0.05) is 16.1 Å². The summed E-state index contributed by atoms with van der Waals surface area (Å²) in [7, 11) is 0. The summed E-state index contributed by atoms with van der Waals surface area (Å²) in [6, 6.07) is 5.35. The zero-order chi connectivity index (χ0) is 14.5. The molecule has 0 N–H and O–H groups in total. The van der Waals surface area contributed by atoms with Gasteiger partial charge in [0.05, 0.1) is 13.0 Å². The van der Waals surface area contributed by atoms with Crippen molar-refractivity contribution in [2.45, 2.75) is 32.2 Å². The minimum absolute atomic E-state index is 0.0530. The molecule has 0 aromatic heterocycles. The summed E-state index contributed by atoms with van der Waals surface area (Å²) in [4.78, 5) is 14.1. The molecule has 1 aromatic carbocycles. The molecule has 0 radical (unpaired) electrons. The van der Waals surface area contributed by atoms with E-state index in [1.165, 1.54) is 0 Å². The Morgan fingerprint density at radius 1 is 1.35 bits per heavy atom. The van der Waals surface area contributed by atoms with E-state index in [9.17, 15) is 4.79 Å². The molecule has 1 aromatic rings. The Labute approximate surface area is 129 Å². The molecule has 1 saturated heterocycles. The zero-order valence-corrected chi connectivity index (χ0v) is 13.1. The molecule has 0 saturated carbocycles. The number of carbonyl (C=O) groups is 1. The molecule has 20 heavy (non-hydrogen) atoms. The second-order valence-corrected chi connectivity index (χ2v) is 5.78. The van der Waals surface area contributed by atoms with Crippen molar-refractivity contribution < 1.29 is 9.53 Å². The summed E-state index contributed by atoms with van der Waals surface area (Å²) in [6.45, 7) is 4.17. The molecule has 1 aliphatic rings. The Hall–Kier alpha value is -0.770. The van der Waals surface area contributed by atoms with Crippen LogP contribution in [0.3, 0.4) is 0 Å². The molecule has 0 spiro atoms. The number of carbonyl (C=O) groups excluding carboxylic acids is 1. The van der Waals surface area contributed by atoms with Crippen LogP contribution < -0.4 is 0 Å². The van der Waals surface area contributed by atoms with Crippen LogP contribution in [0.15, 0.2) is 18.2 Å². The van der Waals surface area contributed by atoms with E-state index in [1.807, 2.05) is 13.0 Å². The third-order valence-electron chi connectivity index (χ3n) is 3.56. The molecule has 1 fully saturated rings. The van der Waals surface area contributed by atoms with E-state index in [1.54, 1.807) is 12.1 Å². The third kappa shape index (κ3) is 3.87. The monoisotopic (exact) mass is 315 g/mol. The Morgan fingerprint density at radius 2 is 2.05 bits per heavy atom. The number of esters is 1. The minimum Gasteiger partial charge on any atom is -0.466 e. The van der Waals surface area contributed by atoms with Gasteiger partial charge in [-0.25, -0.2) is 0 Å². The topological polar surface area (TPSA) is 29.5 Å². The van der Waals surface area contributed by atoms with Crippen molar-refractivity contribution in [3.05, 3.63) is 33.8 Å². The van der Waals surface area contributed by atoms with Crippen molar-refractivity contribution in [1.29, 1.82) is 0 Å². The van der Waals surface area contributed by atoms with Crippen LogP contribution in [-0.2, 0) is 9.53 Å². The van der Waals surface area contributed by atoms with E-state index in [2.05, 4.69) is 4.90 Å². The van der Waals surface area contributed by atoms with Gasteiger partial charge in [0.2, 0.25) is 0 Å². The van der Waals surface area contributed by atoms with Crippen LogP contribution in [0.1, 0.15) is 37.8 Å². The number of nitrogens with zero attached hydrogens (tertiary/aromatic N) is 1. The number of ether oxygens (including phenoxy) is 1. The van der Waals surface area contributed by atoms with E-state index < -0.39 is 0 Å². The van der Waals surface area contributed by atoms with Gasteiger partial charge in [0.1, 0.15) is 0 Å². The number of rotatable bonds is 5. The van der Waals surface area contributed by atoms with Gasteiger partial charge in [0.25, 0.3) is 0 Å². The molecule has 1 atom stereocenters. The molecule has 0 aliphatic carbocycles. The normalized spacial score (nSPS) is 17.1. The predicted octanol–water partition coefficient (Wildman–Crippen LogP) is 4.08. The van der Waals surface area contributed by atoms with E-state index >= 15 is 0 Å². The second kappa shape index (κ2) is 7.30. The highest BCUT2D eigenvalue weighted by Crippen LogP contribution is 2.34. The first-order valence-electron chi connectivity index (χ1n) is 6.96. The van der Waals surface area contributed by atoms with Crippen LogP contribution >= 0.6 is 23.2 Å². The number of benzene rings is 1. The van der Waals surface area contributed by atoms with Gasteiger partial charge in [-0.2, -0.15) is 0 Å². The zero-order valence-electron chi connectivity index (χ0n) is 11.6. The summed E-state index contributed by atoms with van der Waals surface area (Å²) < 4.78 is 5.08. The fourth-order valence-corrected chi connectivity index (χ4v) is 3.06. The molecule has 0 amide bonds. The molecule has 1 heterocycles. The maximum atomic E-state index is 11.9. The Morgan fingerprint density at radius 3 is 2.70 bits per heavy atom.